The Balaban J connectivity index is 1.77. The minimum absolute atomic E-state index is 0.172. The number of nitrogens with zero attached hydrogens (tertiary/aromatic N) is 2. The second kappa shape index (κ2) is 7.93. The summed E-state index contributed by atoms with van der Waals surface area (Å²) in [6.45, 7) is 0.703. The zero-order chi connectivity index (χ0) is 15.1. The molecule has 0 spiro atoms. The Morgan fingerprint density at radius 2 is 2.05 bits per heavy atom. The molecular weight excluding hydrogens is 328 g/mol. The Morgan fingerprint density at radius 3 is 2.76 bits per heavy atom. The van der Waals surface area contributed by atoms with E-state index in [0.717, 1.165) is 23.0 Å². The molecule has 3 nitrogen and oxygen atoms in total. The Labute approximate surface area is 134 Å². The van der Waals surface area contributed by atoms with Gasteiger partial charge in [-0.05, 0) is 36.2 Å². The largest absolute Gasteiger partial charge is 0.345 e. The first-order valence-corrected chi connectivity index (χ1v) is 7.83. The normalized spacial score (nSPS) is 10.4. The molecule has 1 aromatic carbocycles. The molecule has 0 aliphatic rings. The predicted octanol–water partition coefficient (Wildman–Crippen LogP) is 3.48. The highest BCUT2D eigenvalue weighted by molar-refractivity contribution is 9.10. The van der Waals surface area contributed by atoms with Crippen molar-refractivity contribution in [2.75, 3.05) is 13.6 Å². The van der Waals surface area contributed by atoms with E-state index in [-0.39, 0.29) is 5.91 Å². The Bertz CT molecular complexity index is 586. The van der Waals surface area contributed by atoms with Gasteiger partial charge in [-0.15, -0.1) is 0 Å². The van der Waals surface area contributed by atoms with Gasteiger partial charge in [-0.3, -0.25) is 9.78 Å². The number of likely N-dealkylation sites (N-methyl/N-ethyl adjacent to an activating group) is 1. The standard InChI is InChI=1S/C17H19BrN2O/c1-20(12-10-16-7-2-3-11-19-16)17(21)9-8-14-5-4-6-15(18)13-14/h2-7,11,13H,8-10,12H2,1H3. The lowest BCUT2D eigenvalue weighted by Gasteiger charge is -2.17. The molecule has 21 heavy (non-hydrogen) atoms. The molecule has 0 saturated carbocycles. The molecule has 4 heteroatoms. The number of pyridine rings is 1. The minimum Gasteiger partial charge on any atom is -0.345 e. The van der Waals surface area contributed by atoms with Crippen LogP contribution in [0.5, 0.6) is 0 Å². The average molecular weight is 347 g/mol. The first-order valence-electron chi connectivity index (χ1n) is 7.03. The molecule has 0 fully saturated rings. The molecule has 0 aliphatic carbocycles. The van der Waals surface area contributed by atoms with Crippen molar-refractivity contribution in [2.24, 2.45) is 0 Å². The van der Waals surface area contributed by atoms with Gasteiger partial charge in [0.25, 0.3) is 0 Å². The van der Waals surface area contributed by atoms with Crippen LogP contribution >= 0.6 is 15.9 Å². The number of halogens is 1. The lowest BCUT2D eigenvalue weighted by molar-refractivity contribution is -0.129. The molecule has 0 unspecified atom stereocenters. The lowest BCUT2D eigenvalue weighted by Crippen LogP contribution is -2.29. The number of carbonyl (C=O) groups is 1. The molecule has 1 aromatic heterocycles. The Hall–Kier alpha value is -1.68. The van der Waals surface area contributed by atoms with Gasteiger partial charge < -0.3 is 4.90 Å². The van der Waals surface area contributed by atoms with Gasteiger partial charge in [-0.1, -0.05) is 34.1 Å². The van der Waals surface area contributed by atoms with Crippen LogP contribution in [0.1, 0.15) is 17.7 Å². The summed E-state index contributed by atoms with van der Waals surface area (Å²) in [5.74, 6) is 0.172. The van der Waals surface area contributed by atoms with Gasteiger partial charge >= 0.3 is 0 Å². The maximum Gasteiger partial charge on any atom is 0.222 e. The molecular formula is C17H19BrN2O. The zero-order valence-corrected chi connectivity index (χ0v) is 13.7. The number of carbonyl (C=O) groups excluding carboxylic acids is 1. The van der Waals surface area contributed by atoms with Crippen LogP contribution in [-0.4, -0.2) is 29.4 Å². The smallest absolute Gasteiger partial charge is 0.222 e. The van der Waals surface area contributed by atoms with E-state index < -0.39 is 0 Å². The highest BCUT2D eigenvalue weighted by Crippen LogP contribution is 2.13. The van der Waals surface area contributed by atoms with Gasteiger partial charge in [0.1, 0.15) is 0 Å². The summed E-state index contributed by atoms with van der Waals surface area (Å²) in [5.41, 5.74) is 2.19. The van der Waals surface area contributed by atoms with Crippen LogP contribution in [0.2, 0.25) is 0 Å². The molecule has 0 radical (unpaired) electrons. The Kier molecular flexibility index (Phi) is 5.93. The van der Waals surface area contributed by atoms with Crippen LogP contribution in [0.3, 0.4) is 0 Å². The van der Waals surface area contributed by atoms with Crippen molar-refractivity contribution in [1.29, 1.82) is 0 Å². The third kappa shape index (κ3) is 5.31. The fraction of sp³-hybridized carbons (Fsp3) is 0.294. The van der Waals surface area contributed by atoms with E-state index in [9.17, 15) is 4.79 Å². The molecule has 0 atom stereocenters. The number of hydrogen-bond donors (Lipinski definition) is 0. The van der Waals surface area contributed by atoms with Gasteiger partial charge in [-0.25, -0.2) is 0 Å². The molecule has 0 N–H and O–H groups in total. The first-order chi connectivity index (χ1) is 10.1. The van der Waals surface area contributed by atoms with E-state index in [1.165, 1.54) is 5.56 Å². The zero-order valence-electron chi connectivity index (χ0n) is 12.1. The van der Waals surface area contributed by atoms with E-state index in [2.05, 4.69) is 27.0 Å². The molecule has 1 heterocycles. The van der Waals surface area contributed by atoms with Gasteiger partial charge in [0.2, 0.25) is 5.91 Å². The second-order valence-corrected chi connectivity index (χ2v) is 5.93. The van der Waals surface area contributed by atoms with Crippen molar-refractivity contribution >= 4 is 21.8 Å². The molecule has 2 aromatic rings. The summed E-state index contributed by atoms with van der Waals surface area (Å²) in [5, 5.41) is 0. The third-order valence-electron chi connectivity index (χ3n) is 3.37. The molecule has 0 saturated heterocycles. The van der Waals surface area contributed by atoms with Gasteiger partial charge in [-0.2, -0.15) is 0 Å². The number of aromatic nitrogens is 1. The predicted molar refractivity (Wildman–Crippen MR) is 88.0 cm³/mol. The van der Waals surface area contributed by atoms with Gasteiger partial charge in [0, 0.05) is 42.8 Å². The molecule has 2 rings (SSSR count). The van der Waals surface area contributed by atoms with Crippen LogP contribution < -0.4 is 0 Å². The van der Waals surface area contributed by atoms with Crippen LogP contribution in [0, 0.1) is 0 Å². The van der Waals surface area contributed by atoms with Gasteiger partial charge in [0.05, 0.1) is 0 Å². The fourth-order valence-corrected chi connectivity index (χ4v) is 2.53. The Morgan fingerprint density at radius 1 is 1.19 bits per heavy atom. The van der Waals surface area contributed by atoms with E-state index in [4.69, 9.17) is 0 Å². The number of hydrogen-bond acceptors (Lipinski definition) is 2. The number of aryl methyl sites for hydroxylation is 1. The maximum absolute atomic E-state index is 12.1. The summed E-state index contributed by atoms with van der Waals surface area (Å²) < 4.78 is 1.05. The molecule has 1 amide bonds. The van der Waals surface area contributed by atoms with Crippen molar-refractivity contribution in [2.45, 2.75) is 19.3 Å². The van der Waals surface area contributed by atoms with E-state index in [1.807, 2.05) is 43.4 Å². The van der Waals surface area contributed by atoms with Crippen molar-refractivity contribution in [3.63, 3.8) is 0 Å². The summed E-state index contributed by atoms with van der Waals surface area (Å²) in [7, 11) is 1.85. The van der Waals surface area contributed by atoms with Crippen LogP contribution in [0.15, 0.2) is 53.1 Å². The summed E-state index contributed by atoms with van der Waals surface area (Å²) >= 11 is 3.45. The minimum atomic E-state index is 0.172. The summed E-state index contributed by atoms with van der Waals surface area (Å²) in [6.07, 6.45) is 3.88. The van der Waals surface area contributed by atoms with Crippen LogP contribution in [0.4, 0.5) is 0 Å². The monoisotopic (exact) mass is 346 g/mol. The third-order valence-corrected chi connectivity index (χ3v) is 3.87. The average Bonchev–Trinajstić information content (AvgIpc) is 2.51. The fourth-order valence-electron chi connectivity index (χ4n) is 2.09. The van der Waals surface area contributed by atoms with Crippen molar-refractivity contribution < 1.29 is 4.79 Å². The molecule has 0 bridgehead atoms. The van der Waals surface area contributed by atoms with Crippen LogP contribution in [0.25, 0.3) is 0 Å². The first kappa shape index (κ1) is 15.7. The van der Waals surface area contributed by atoms with Gasteiger partial charge in [0.15, 0.2) is 0 Å². The summed E-state index contributed by atoms with van der Waals surface area (Å²) in [6, 6.07) is 13.9. The number of benzene rings is 1. The molecule has 0 aliphatic heterocycles. The van der Waals surface area contributed by atoms with Crippen molar-refractivity contribution in [1.82, 2.24) is 9.88 Å². The van der Waals surface area contributed by atoms with Crippen LogP contribution in [-0.2, 0) is 17.6 Å². The van der Waals surface area contributed by atoms with E-state index >= 15 is 0 Å². The number of rotatable bonds is 6. The molecule has 110 valence electrons. The lowest BCUT2D eigenvalue weighted by atomic mass is 10.1. The highest BCUT2D eigenvalue weighted by Gasteiger charge is 2.09. The SMILES string of the molecule is CN(CCc1ccccn1)C(=O)CCc1cccc(Br)c1. The highest BCUT2D eigenvalue weighted by atomic mass is 79.9. The van der Waals surface area contributed by atoms with E-state index in [1.54, 1.807) is 11.1 Å². The quantitative estimate of drug-likeness (QED) is 0.802. The summed E-state index contributed by atoms with van der Waals surface area (Å²) in [4.78, 5) is 18.2. The topological polar surface area (TPSA) is 33.2 Å². The van der Waals surface area contributed by atoms with E-state index in [0.29, 0.717) is 13.0 Å². The number of amides is 1. The van der Waals surface area contributed by atoms with Crippen molar-refractivity contribution in [3.05, 3.63) is 64.4 Å². The van der Waals surface area contributed by atoms with Crippen molar-refractivity contribution in [3.8, 4) is 0 Å². The second-order valence-electron chi connectivity index (χ2n) is 5.02. The maximum atomic E-state index is 12.1.